The molecule has 1 aliphatic heterocycles. The summed E-state index contributed by atoms with van der Waals surface area (Å²) in [4.78, 5) is 6.94. The van der Waals surface area contributed by atoms with Crippen molar-refractivity contribution in [1.29, 1.82) is 0 Å². The molecule has 1 aromatic heterocycles. The van der Waals surface area contributed by atoms with Crippen molar-refractivity contribution in [2.45, 2.75) is 59.9 Å². The van der Waals surface area contributed by atoms with E-state index in [1.165, 1.54) is 29.8 Å². The summed E-state index contributed by atoms with van der Waals surface area (Å²) in [7, 11) is 3.94. The zero-order chi connectivity index (χ0) is 17.7. The van der Waals surface area contributed by atoms with Crippen molar-refractivity contribution < 1.29 is 0 Å². The van der Waals surface area contributed by atoms with E-state index in [0.29, 0.717) is 0 Å². The van der Waals surface area contributed by atoms with Crippen LogP contribution in [0, 0.1) is 11.8 Å². The molecular formula is C19H36IN5. The standard InChI is InChI=1S/C19H35N5.HI/c1-7-17-16(18(8-2)23(6)22-17)12-21-19(20-5)24-10-9-15(13-24)11-14(3)4;/h14-15H,7-13H2,1-6H3,(H,20,21);1H. The minimum atomic E-state index is 0. The van der Waals surface area contributed by atoms with E-state index >= 15 is 0 Å². The smallest absolute Gasteiger partial charge is 0.193 e. The number of aliphatic imine (C=N–C) groups is 1. The molecule has 1 fully saturated rings. The Morgan fingerprint density at radius 2 is 2.04 bits per heavy atom. The van der Waals surface area contributed by atoms with Crippen molar-refractivity contribution in [3.05, 3.63) is 17.0 Å². The average Bonchev–Trinajstić information content (AvgIpc) is 3.11. The number of likely N-dealkylation sites (tertiary alicyclic amines) is 1. The third-order valence-corrected chi connectivity index (χ3v) is 5.05. The average molecular weight is 461 g/mol. The van der Waals surface area contributed by atoms with E-state index in [1.54, 1.807) is 0 Å². The van der Waals surface area contributed by atoms with Gasteiger partial charge in [-0.05, 0) is 37.5 Å². The molecule has 1 aromatic rings. The Morgan fingerprint density at radius 3 is 2.60 bits per heavy atom. The molecular weight excluding hydrogens is 425 g/mol. The number of hydrogen-bond acceptors (Lipinski definition) is 2. The third-order valence-electron chi connectivity index (χ3n) is 5.05. The fraction of sp³-hybridized carbons (Fsp3) is 0.789. The second-order valence-corrected chi connectivity index (χ2v) is 7.33. The van der Waals surface area contributed by atoms with Gasteiger partial charge in [0.25, 0.3) is 0 Å². The molecule has 2 rings (SSSR count). The molecule has 25 heavy (non-hydrogen) atoms. The van der Waals surface area contributed by atoms with Gasteiger partial charge >= 0.3 is 0 Å². The molecule has 1 atom stereocenters. The van der Waals surface area contributed by atoms with Gasteiger partial charge in [-0.2, -0.15) is 5.10 Å². The van der Waals surface area contributed by atoms with E-state index < -0.39 is 0 Å². The van der Waals surface area contributed by atoms with Gasteiger partial charge in [0.2, 0.25) is 0 Å². The van der Waals surface area contributed by atoms with E-state index in [9.17, 15) is 0 Å². The Hall–Kier alpha value is -0.790. The molecule has 0 radical (unpaired) electrons. The van der Waals surface area contributed by atoms with Crippen LogP contribution in [0.4, 0.5) is 0 Å². The maximum Gasteiger partial charge on any atom is 0.193 e. The number of nitrogens with one attached hydrogen (secondary N) is 1. The van der Waals surface area contributed by atoms with Gasteiger partial charge in [0.15, 0.2) is 5.96 Å². The molecule has 1 N–H and O–H groups in total. The van der Waals surface area contributed by atoms with E-state index in [1.807, 2.05) is 18.8 Å². The van der Waals surface area contributed by atoms with Crippen LogP contribution >= 0.6 is 24.0 Å². The van der Waals surface area contributed by atoms with Gasteiger partial charge < -0.3 is 10.2 Å². The Bertz CT molecular complexity index is 564. The maximum absolute atomic E-state index is 4.67. The van der Waals surface area contributed by atoms with Crippen LogP contribution in [0.15, 0.2) is 4.99 Å². The molecule has 2 heterocycles. The summed E-state index contributed by atoms with van der Waals surface area (Å²) in [5, 5.41) is 8.26. The Morgan fingerprint density at radius 1 is 1.32 bits per heavy atom. The summed E-state index contributed by atoms with van der Waals surface area (Å²) in [6.07, 6.45) is 4.59. The van der Waals surface area contributed by atoms with Gasteiger partial charge in [-0.25, -0.2) is 0 Å². The van der Waals surface area contributed by atoms with Crippen LogP contribution in [-0.2, 0) is 26.4 Å². The van der Waals surface area contributed by atoms with Crippen molar-refractivity contribution in [2.75, 3.05) is 20.1 Å². The summed E-state index contributed by atoms with van der Waals surface area (Å²) in [5.41, 5.74) is 3.88. The molecule has 1 saturated heterocycles. The van der Waals surface area contributed by atoms with Gasteiger partial charge in [-0.3, -0.25) is 9.67 Å². The van der Waals surface area contributed by atoms with E-state index in [0.717, 1.165) is 50.3 Å². The van der Waals surface area contributed by atoms with Gasteiger partial charge in [0.05, 0.1) is 5.69 Å². The molecule has 0 spiro atoms. The quantitative estimate of drug-likeness (QED) is 0.400. The maximum atomic E-state index is 4.67. The molecule has 6 heteroatoms. The van der Waals surface area contributed by atoms with Gasteiger partial charge in [0.1, 0.15) is 0 Å². The van der Waals surface area contributed by atoms with E-state index in [2.05, 4.69) is 48.0 Å². The fourth-order valence-corrected chi connectivity index (χ4v) is 3.98. The van der Waals surface area contributed by atoms with Gasteiger partial charge in [-0.1, -0.05) is 27.7 Å². The Labute approximate surface area is 170 Å². The number of aromatic nitrogens is 2. The van der Waals surface area contributed by atoms with Crippen molar-refractivity contribution in [3.63, 3.8) is 0 Å². The van der Waals surface area contributed by atoms with Crippen LogP contribution in [0.3, 0.4) is 0 Å². The molecule has 1 aliphatic rings. The highest BCUT2D eigenvalue weighted by atomic mass is 127. The first-order chi connectivity index (χ1) is 11.5. The molecule has 0 aromatic carbocycles. The Balaban J connectivity index is 0.00000312. The number of guanidine groups is 1. The SMILES string of the molecule is CCc1nn(C)c(CC)c1CNC(=NC)N1CCC(CC(C)C)C1.I. The van der Waals surface area contributed by atoms with Crippen LogP contribution in [-0.4, -0.2) is 40.8 Å². The lowest BCUT2D eigenvalue weighted by Gasteiger charge is -2.22. The summed E-state index contributed by atoms with van der Waals surface area (Å²) in [6.45, 7) is 12.1. The van der Waals surface area contributed by atoms with E-state index in [4.69, 9.17) is 0 Å². The third kappa shape index (κ3) is 5.59. The molecule has 0 bridgehead atoms. The van der Waals surface area contributed by atoms with Crippen molar-refractivity contribution >= 4 is 29.9 Å². The minimum Gasteiger partial charge on any atom is -0.352 e. The lowest BCUT2D eigenvalue weighted by molar-refractivity contribution is 0.403. The molecule has 1 unspecified atom stereocenters. The predicted molar refractivity (Wildman–Crippen MR) is 117 cm³/mol. The highest BCUT2D eigenvalue weighted by molar-refractivity contribution is 14.0. The summed E-state index contributed by atoms with van der Waals surface area (Å²) >= 11 is 0. The van der Waals surface area contributed by atoms with Crippen molar-refractivity contribution in [1.82, 2.24) is 20.0 Å². The first-order valence-corrected chi connectivity index (χ1v) is 9.49. The fourth-order valence-electron chi connectivity index (χ4n) is 3.98. The summed E-state index contributed by atoms with van der Waals surface area (Å²) in [5.74, 6) is 2.62. The van der Waals surface area contributed by atoms with Gasteiger partial charge in [0, 0.05) is 45.0 Å². The second-order valence-electron chi connectivity index (χ2n) is 7.33. The molecule has 0 amide bonds. The lowest BCUT2D eigenvalue weighted by Crippen LogP contribution is -2.40. The molecule has 5 nitrogen and oxygen atoms in total. The zero-order valence-electron chi connectivity index (χ0n) is 16.8. The van der Waals surface area contributed by atoms with E-state index in [-0.39, 0.29) is 24.0 Å². The number of aryl methyl sites for hydroxylation is 2. The highest BCUT2D eigenvalue weighted by Gasteiger charge is 2.25. The normalized spacial score (nSPS) is 18.0. The summed E-state index contributed by atoms with van der Waals surface area (Å²) in [6, 6.07) is 0. The number of rotatable bonds is 6. The Kier molecular flexibility index (Phi) is 9.24. The summed E-state index contributed by atoms with van der Waals surface area (Å²) < 4.78 is 2.03. The van der Waals surface area contributed by atoms with Crippen LogP contribution < -0.4 is 5.32 Å². The van der Waals surface area contributed by atoms with Crippen molar-refractivity contribution in [3.8, 4) is 0 Å². The molecule has 144 valence electrons. The van der Waals surface area contributed by atoms with Crippen LogP contribution in [0.5, 0.6) is 0 Å². The lowest BCUT2D eigenvalue weighted by atomic mass is 9.97. The predicted octanol–water partition coefficient (Wildman–Crippen LogP) is 3.61. The van der Waals surface area contributed by atoms with Crippen LogP contribution in [0.1, 0.15) is 57.5 Å². The van der Waals surface area contributed by atoms with Crippen molar-refractivity contribution in [2.24, 2.45) is 23.9 Å². The van der Waals surface area contributed by atoms with Gasteiger partial charge in [-0.15, -0.1) is 24.0 Å². The first kappa shape index (κ1) is 22.3. The number of nitrogens with zero attached hydrogens (tertiary/aromatic N) is 4. The monoisotopic (exact) mass is 461 g/mol. The molecule has 0 saturated carbocycles. The van der Waals surface area contributed by atoms with Crippen LogP contribution in [0.2, 0.25) is 0 Å². The minimum absolute atomic E-state index is 0. The number of hydrogen-bond donors (Lipinski definition) is 1. The zero-order valence-corrected chi connectivity index (χ0v) is 19.1. The second kappa shape index (κ2) is 10.4. The first-order valence-electron chi connectivity index (χ1n) is 9.49. The molecule has 0 aliphatic carbocycles. The highest BCUT2D eigenvalue weighted by Crippen LogP contribution is 2.23. The number of halogens is 1. The topological polar surface area (TPSA) is 45.5 Å². The van der Waals surface area contributed by atoms with Crippen LogP contribution in [0.25, 0.3) is 0 Å². The largest absolute Gasteiger partial charge is 0.352 e.